The Morgan fingerprint density at radius 3 is 1.88 bits per heavy atom. The van der Waals surface area contributed by atoms with Crippen LogP contribution in [0.25, 0.3) is 11.1 Å². The second-order valence-corrected chi connectivity index (χ2v) is 13.0. The number of carbonyl (C=O) groups is 2. The molecule has 0 bridgehead atoms. The standard InChI is InChI=1S/C34H35N3O5S/c1-24-20-25(2)22-37(21-24)43(40,41)30-18-16-29(17-19-30)34(39)36-35-33(38)28-14-12-26(13-15-28)23-42-32-11-7-6-10-31(32)27-8-4-3-5-9-27/h3-19,24-25H,20-23H2,1-2H3,(H,35,38)(H,36,39). The Bertz CT molecular complexity index is 1660. The third-order valence-electron chi connectivity index (χ3n) is 7.46. The summed E-state index contributed by atoms with van der Waals surface area (Å²) in [6.45, 7) is 5.39. The highest BCUT2D eigenvalue weighted by Gasteiger charge is 2.31. The van der Waals surface area contributed by atoms with Crippen LogP contribution in [0.1, 0.15) is 46.5 Å². The molecule has 222 valence electrons. The predicted octanol–water partition coefficient (Wildman–Crippen LogP) is 5.67. The van der Waals surface area contributed by atoms with Crippen molar-refractivity contribution in [3.8, 4) is 16.9 Å². The normalized spacial score (nSPS) is 17.2. The number of benzene rings is 4. The smallest absolute Gasteiger partial charge is 0.269 e. The van der Waals surface area contributed by atoms with Gasteiger partial charge in [0.1, 0.15) is 12.4 Å². The summed E-state index contributed by atoms with van der Waals surface area (Å²) in [5, 5.41) is 0. The van der Waals surface area contributed by atoms with Gasteiger partial charge in [0, 0.05) is 29.8 Å². The Labute approximate surface area is 252 Å². The maximum Gasteiger partial charge on any atom is 0.269 e. The van der Waals surface area contributed by atoms with E-state index in [0.717, 1.165) is 28.9 Å². The van der Waals surface area contributed by atoms with Crippen molar-refractivity contribution in [1.29, 1.82) is 0 Å². The van der Waals surface area contributed by atoms with Gasteiger partial charge >= 0.3 is 0 Å². The Hall–Kier alpha value is -4.47. The second kappa shape index (κ2) is 13.2. The van der Waals surface area contributed by atoms with Crippen molar-refractivity contribution in [2.45, 2.75) is 31.8 Å². The van der Waals surface area contributed by atoms with E-state index in [1.54, 1.807) is 24.3 Å². The topological polar surface area (TPSA) is 105 Å². The highest BCUT2D eigenvalue weighted by molar-refractivity contribution is 7.89. The van der Waals surface area contributed by atoms with Gasteiger partial charge < -0.3 is 4.74 Å². The van der Waals surface area contributed by atoms with Crippen molar-refractivity contribution in [2.24, 2.45) is 11.8 Å². The van der Waals surface area contributed by atoms with Gasteiger partial charge in [0.2, 0.25) is 10.0 Å². The largest absolute Gasteiger partial charge is 0.488 e. The van der Waals surface area contributed by atoms with Crippen LogP contribution >= 0.6 is 0 Å². The van der Waals surface area contributed by atoms with Crippen LogP contribution in [0.4, 0.5) is 0 Å². The molecular weight excluding hydrogens is 562 g/mol. The van der Waals surface area contributed by atoms with Crippen LogP contribution in [-0.2, 0) is 16.6 Å². The average molecular weight is 598 g/mol. The Balaban J connectivity index is 1.14. The molecular formula is C34H35N3O5S. The molecule has 0 aromatic heterocycles. The summed E-state index contributed by atoms with van der Waals surface area (Å²) in [4.78, 5) is 25.4. The van der Waals surface area contributed by atoms with E-state index in [1.165, 1.54) is 28.6 Å². The predicted molar refractivity (Wildman–Crippen MR) is 166 cm³/mol. The zero-order chi connectivity index (χ0) is 30.4. The number of piperidine rings is 1. The number of carbonyl (C=O) groups excluding carboxylic acids is 2. The second-order valence-electron chi connectivity index (χ2n) is 11.0. The summed E-state index contributed by atoms with van der Waals surface area (Å²) in [5.74, 6) is 0.306. The molecule has 1 heterocycles. The number of nitrogens with one attached hydrogen (secondary N) is 2. The lowest BCUT2D eigenvalue weighted by Crippen LogP contribution is -2.42. The number of amides is 2. The maximum absolute atomic E-state index is 13.1. The molecule has 2 unspecified atom stereocenters. The van der Waals surface area contributed by atoms with Crippen LogP contribution in [0.2, 0.25) is 0 Å². The summed E-state index contributed by atoms with van der Waals surface area (Å²) >= 11 is 0. The summed E-state index contributed by atoms with van der Waals surface area (Å²) in [6.07, 6.45) is 1.000. The molecule has 1 saturated heterocycles. The summed E-state index contributed by atoms with van der Waals surface area (Å²) < 4.78 is 33.8. The fourth-order valence-electron chi connectivity index (χ4n) is 5.35. The molecule has 2 N–H and O–H groups in total. The molecule has 8 nitrogen and oxygen atoms in total. The van der Waals surface area contributed by atoms with Crippen LogP contribution in [0.5, 0.6) is 5.75 Å². The first-order chi connectivity index (χ1) is 20.7. The molecule has 2 atom stereocenters. The zero-order valence-corrected chi connectivity index (χ0v) is 25.0. The van der Waals surface area contributed by atoms with Gasteiger partial charge in [0.25, 0.3) is 11.8 Å². The minimum Gasteiger partial charge on any atom is -0.488 e. The molecule has 9 heteroatoms. The first-order valence-corrected chi connectivity index (χ1v) is 15.7. The molecule has 4 aromatic carbocycles. The van der Waals surface area contributed by atoms with Crippen molar-refractivity contribution < 1.29 is 22.7 Å². The quantitative estimate of drug-likeness (QED) is 0.255. The van der Waals surface area contributed by atoms with E-state index in [0.29, 0.717) is 37.1 Å². The fourth-order valence-corrected chi connectivity index (χ4v) is 7.03. The minimum atomic E-state index is -3.65. The molecule has 1 aliphatic heterocycles. The molecule has 1 aliphatic rings. The Morgan fingerprint density at radius 2 is 1.28 bits per heavy atom. The van der Waals surface area contributed by atoms with E-state index in [2.05, 4.69) is 24.7 Å². The number of para-hydroxylation sites is 1. The molecule has 4 aromatic rings. The average Bonchev–Trinajstić information content (AvgIpc) is 3.03. The van der Waals surface area contributed by atoms with Crippen LogP contribution in [0.3, 0.4) is 0 Å². The number of rotatable bonds is 8. The van der Waals surface area contributed by atoms with E-state index in [1.807, 2.05) is 54.6 Å². The lowest BCUT2D eigenvalue weighted by Gasteiger charge is -2.34. The van der Waals surface area contributed by atoms with Crippen molar-refractivity contribution in [2.75, 3.05) is 13.1 Å². The number of hydrogen-bond acceptors (Lipinski definition) is 5. The van der Waals surface area contributed by atoms with Gasteiger partial charge in [0.15, 0.2) is 0 Å². The van der Waals surface area contributed by atoms with Crippen molar-refractivity contribution >= 4 is 21.8 Å². The Morgan fingerprint density at radius 1 is 0.744 bits per heavy atom. The molecule has 0 saturated carbocycles. The van der Waals surface area contributed by atoms with Crippen LogP contribution in [0, 0.1) is 11.8 Å². The van der Waals surface area contributed by atoms with Gasteiger partial charge in [-0.1, -0.05) is 74.5 Å². The summed E-state index contributed by atoms with van der Waals surface area (Å²) in [6, 6.07) is 30.5. The molecule has 5 rings (SSSR count). The van der Waals surface area contributed by atoms with Crippen LogP contribution in [-0.4, -0.2) is 37.6 Å². The molecule has 2 amide bonds. The molecule has 43 heavy (non-hydrogen) atoms. The maximum atomic E-state index is 13.1. The number of sulfonamides is 1. The van der Waals surface area contributed by atoms with Gasteiger partial charge in [-0.15, -0.1) is 0 Å². The van der Waals surface area contributed by atoms with E-state index in [4.69, 9.17) is 4.74 Å². The highest BCUT2D eigenvalue weighted by Crippen LogP contribution is 2.30. The van der Waals surface area contributed by atoms with Crippen molar-refractivity contribution in [1.82, 2.24) is 15.2 Å². The first-order valence-electron chi connectivity index (χ1n) is 14.3. The molecule has 0 aliphatic carbocycles. The van der Waals surface area contributed by atoms with Gasteiger partial charge in [-0.05, 0) is 71.8 Å². The Kier molecular flexibility index (Phi) is 9.23. The van der Waals surface area contributed by atoms with Gasteiger partial charge in [-0.25, -0.2) is 8.42 Å². The van der Waals surface area contributed by atoms with Gasteiger partial charge in [-0.2, -0.15) is 4.31 Å². The number of hydrogen-bond donors (Lipinski definition) is 2. The van der Waals surface area contributed by atoms with E-state index in [9.17, 15) is 18.0 Å². The first kappa shape index (κ1) is 30.0. The number of nitrogens with zero attached hydrogens (tertiary/aromatic N) is 1. The number of hydrazine groups is 1. The SMILES string of the molecule is CC1CC(C)CN(S(=O)(=O)c2ccc(C(=O)NNC(=O)c3ccc(COc4ccccc4-c4ccccc4)cc3)cc2)C1. The molecule has 1 fully saturated rings. The zero-order valence-electron chi connectivity index (χ0n) is 24.2. The van der Waals surface area contributed by atoms with Gasteiger partial charge in [0.05, 0.1) is 4.90 Å². The van der Waals surface area contributed by atoms with E-state index in [-0.39, 0.29) is 10.5 Å². The van der Waals surface area contributed by atoms with Crippen molar-refractivity contribution in [3.05, 3.63) is 120 Å². The van der Waals surface area contributed by atoms with E-state index >= 15 is 0 Å². The fraction of sp³-hybridized carbons (Fsp3) is 0.235. The lowest BCUT2D eigenvalue weighted by molar-refractivity contribution is 0.0846. The van der Waals surface area contributed by atoms with Crippen molar-refractivity contribution in [3.63, 3.8) is 0 Å². The third kappa shape index (κ3) is 7.31. The summed E-state index contributed by atoms with van der Waals surface area (Å²) in [5.41, 5.74) is 8.33. The highest BCUT2D eigenvalue weighted by atomic mass is 32.2. The summed E-state index contributed by atoms with van der Waals surface area (Å²) in [7, 11) is -3.65. The molecule has 0 spiro atoms. The molecule has 0 radical (unpaired) electrons. The van der Waals surface area contributed by atoms with Crippen LogP contribution in [0.15, 0.2) is 108 Å². The monoisotopic (exact) mass is 597 g/mol. The van der Waals surface area contributed by atoms with Crippen LogP contribution < -0.4 is 15.6 Å². The van der Waals surface area contributed by atoms with E-state index < -0.39 is 21.8 Å². The van der Waals surface area contributed by atoms with Gasteiger partial charge in [-0.3, -0.25) is 20.4 Å². The number of ether oxygens (including phenoxy) is 1. The third-order valence-corrected chi connectivity index (χ3v) is 9.31. The lowest BCUT2D eigenvalue weighted by atomic mass is 9.94. The minimum absolute atomic E-state index is 0.141.